The highest BCUT2D eigenvalue weighted by Crippen LogP contribution is 2.20. The molecule has 16 heavy (non-hydrogen) atoms. The second-order valence-corrected chi connectivity index (χ2v) is 5.42. The van der Waals surface area contributed by atoms with Crippen molar-refractivity contribution < 1.29 is 9.90 Å². The average Bonchev–Trinajstić information content (AvgIpc) is 2.83. The first-order valence-corrected chi connectivity index (χ1v) is 6.30. The molecule has 0 radical (unpaired) electrons. The Labute approximate surface area is 97.0 Å². The van der Waals surface area contributed by atoms with E-state index in [1.165, 1.54) is 25.7 Å². The van der Waals surface area contributed by atoms with E-state index in [1.54, 1.807) is 11.8 Å². The molecule has 0 aromatic rings. The summed E-state index contributed by atoms with van der Waals surface area (Å²) in [5.41, 5.74) is -0.678. The van der Waals surface area contributed by atoms with Gasteiger partial charge in [-0.1, -0.05) is 12.8 Å². The van der Waals surface area contributed by atoms with Crippen LogP contribution in [0.15, 0.2) is 0 Å². The summed E-state index contributed by atoms with van der Waals surface area (Å²) < 4.78 is 0. The topological polar surface area (TPSA) is 52.6 Å². The molecule has 92 valence electrons. The number of carbonyl (C=O) groups is 1. The van der Waals surface area contributed by atoms with Gasteiger partial charge in [-0.05, 0) is 26.2 Å². The van der Waals surface area contributed by atoms with Crippen LogP contribution in [0.4, 0.5) is 0 Å². The van der Waals surface area contributed by atoms with Gasteiger partial charge in [0.1, 0.15) is 0 Å². The van der Waals surface area contributed by atoms with E-state index in [0.717, 1.165) is 0 Å². The van der Waals surface area contributed by atoms with Crippen molar-refractivity contribution in [2.75, 3.05) is 19.6 Å². The number of amides is 1. The van der Waals surface area contributed by atoms with E-state index in [4.69, 9.17) is 0 Å². The first kappa shape index (κ1) is 11.9. The predicted octanol–water partition coefficient (Wildman–Crippen LogP) is 0.502. The Morgan fingerprint density at radius 1 is 1.50 bits per heavy atom. The van der Waals surface area contributed by atoms with Gasteiger partial charge in [-0.25, -0.2) is 0 Å². The minimum Gasteiger partial charge on any atom is -0.388 e. The molecule has 2 rings (SSSR count). The zero-order valence-electron chi connectivity index (χ0n) is 10.0. The number of nitrogens with one attached hydrogen (secondary N) is 1. The fourth-order valence-corrected chi connectivity index (χ4v) is 2.63. The second-order valence-electron chi connectivity index (χ2n) is 5.42. The van der Waals surface area contributed by atoms with Gasteiger partial charge in [0.2, 0.25) is 5.91 Å². The fourth-order valence-electron chi connectivity index (χ4n) is 2.63. The number of hydrogen-bond acceptors (Lipinski definition) is 3. The van der Waals surface area contributed by atoms with Crippen molar-refractivity contribution in [2.24, 2.45) is 0 Å². The Hall–Kier alpha value is -0.610. The molecule has 0 spiro atoms. The quantitative estimate of drug-likeness (QED) is 0.737. The standard InChI is InChI=1S/C12H22N2O2/c1-12(16)6-7-14(9-12)11(15)8-13-10-4-2-3-5-10/h10,13,16H,2-9H2,1H3. The van der Waals surface area contributed by atoms with Crippen LogP contribution < -0.4 is 5.32 Å². The number of hydrogen-bond donors (Lipinski definition) is 2. The SMILES string of the molecule is CC1(O)CCN(C(=O)CNC2CCCC2)C1. The molecule has 1 saturated heterocycles. The molecule has 2 fully saturated rings. The van der Waals surface area contributed by atoms with Crippen LogP contribution >= 0.6 is 0 Å². The lowest BCUT2D eigenvalue weighted by molar-refractivity contribution is -0.130. The van der Waals surface area contributed by atoms with Gasteiger partial charge in [0, 0.05) is 19.1 Å². The molecule has 0 aromatic carbocycles. The summed E-state index contributed by atoms with van der Waals surface area (Å²) in [7, 11) is 0. The molecule has 1 aliphatic heterocycles. The summed E-state index contributed by atoms with van der Waals surface area (Å²) in [4.78, 5) is 13.6. The molecule has 0 bridgehead atoms. The van der Waals surface area contributed by atoms with Crippen molar-refractivity contribution in [3.05, 3.63) is 0 Å². The minimum absolute atomic E-state index is 0.129. The molecular formula is C12H22N2O2. The molecule has 4 heteroatoms. The lowest BCUT2D eigenvalue weighted by atomic mass is 10.1. The Morgan fingerprint density at radius 3 is 2.75 bits per heavy atom. The number of rotatable bonds is 3. The molecule has 2 aliphatic rings. The number of nitrogens with zero attached hydrogens (tertiary/aromatic N) is 1. The molecule has 1 amide bonds. The monoisotopic (exact) mass is 226 g/mol. The molecule has 2 N–H and O–H groups in total. The van der Waals surface area contributed by atoms with Crippen LogP contribution in [0.25, 0.3) is 0 Å². The minimum atomic E-state index is -0.678. The molecule has 0 aromatic heterocycles. The van der Waals surface area contributed by atoms with Crippen LogP contribution in [-0.2, 0) is 4.79 Å². The first-order chi connectivity index (χ1) is 7.57. The van der Waals surface area contributed by atoms with E-state index >= 15 is 0 Å². The van der Waals surface area contributed by atoms with Crippen LogP contribution in [0.1, 0.15) is 39.0 Å². The van der Waals surface area contributed by atoms with Gasteiger partial charge < -0.3 is 15.3 Å². The Morgan fingerprint density at radius 2 is 2.19 bits per heavy atom. The highest BCUT2D eigenvalue weighted by atomic mass is 16.3. The fraction of sp³-hybridized carbons (Fsp3) is 0.917. The summed E-state index contributed by atoms with van der Waals surface area (Å²) in [6.07, 6.45) is 5.66. The molecule has 4 nitrogen and oxygen atoms in total. The van der Waals surface area contributed by atoms with E-state index in [2.05, 4.69) is 5.32 Å². The number of carbonyl (C=O) groups excluding carboxylic acids is 1. The molecule has 1 unspecified atom stereocenters. The highest BCUT2D eigenvalue weighted by Gasteiger charge is 2.33. The van der Waals surface area contributed by atoms with Crippen LogP contribution in [0, 0.1) is 0 Å². The third-order valence-electron chi connectivity index (χ3n) is 3.70. The maximum Gasteiger partial charge on any atom is 0.236 e. The normalized spacial score (nSPS) is 31.2. The van der Waals surface area contributed by atoms with Gasteiger partial charge >= 0.3 is 0 Å². The smallest absolute Gasteiger partial charge is 0.236 e. The highest BCUT2D eigenvalue weighted by molar-refractivity contribution is 5.78. The van der Waals surface area contributed by atoms with Crippen molar-refractivity contribution in [1.82, 2.24) is 10.2 Å². The van der Waals surface area contributed by atoms with Crippen molar-refractivity contribution in [3.63, 3.8) is 0 Å². The molecule has 1 heterocycles. The predicted molar refractivity (Wildman–Crippen MR) is 62.1 cm³/mol. The average molecular weight is 226 g/mol. The van der Waals surface area contributed by atoms with Crippen molar-refractivity contribution in [3.8, 4) is 0 Å². The van der Waals surface area contributed by atoms with Crippen molar-refractivity contribution in [2.45, 2.75) is 50.7 Å². The Balaban J connectivity index is 1.71. The maximum absolute atomic E-state index is 11.8. The number of aliphatic hydroxyl groups is 1. The maximum atomic E-state index is 11.8. The molecule has 1 atom stereocenters. The van der Waals surface area contributed by atoms with Gasteiger partial charge in [-0.15, -0.1) is 0 Å². The van der Waals surface area contributed by atoms with Crippen LogP contribution in [0.2, 0.25) is 0 Å². The zero-order chi connectivity index (χ0) is 11.6. The number of likely N-dealkylation sites (tertiary alicyclic amines) is 1. The van der Waals surface area contributed by atoms with E-state index in [-0.39, 0.29) is 5.91 Å². The van der Waals surface area contributed by atoms with Crippen LogP contribution in [0.3, 0.4) is 0 Å². The number of β-amino-alcohol motifs (C(OH)–C–C–N with tert-alkyl or cyclic N) is 1. The largest absolute Gasteiger partial charge is 0.388 e. The zero-order valence-corrected chi connectivity index (χ0v) is 10.0. The third-order valence-corrected chi connectivity index (χ3v) is 3.70. The molecule has 1 saturated carbocycles. The van der Waals surface area contributed by atoms with Gasteiger partial charge in [-0.2, -0.15) is 0 Å². The summed E-state index contributed by atoms with van der Waals surface area (Å²) in [6, 6.07) is 0.534. The van der Waals surface area contributed by atoms with E-state index < -0.39 is 5.60 Å². The second kappa shape index (κ2) is 4.72. The molecule has 1 aliphatic carbocycles. The van der Waals surface area contributed by atoms with E-state index in [0.29, 0.717) is 32.1 Å². The van der Waals surface area contributed by atoms with Gasteiger partial charge in [-0.3, -0.25) is 4.79 Å². The van der Waals surface area contributed by atoms with Crippen LogP contribution in [-0.4, -0.2) is 47.2 Å². The summed E-state index contributed by atoms with van der Waals surface area (Å²) in [5.74, 6) is 0.129. The molecular weight excluding hydrogens is 204 g/mol. The van der Waals surface area contributed by atoms with Gasteiger partial charge in [0.15, 0.2) is 0 Å². The lowest BCUT2D eigenvalue weighted by Gasteiger charge is -2.20. The van der Waals surface area contributed by atoms with Gasteiger partial charge in [0.05, 0.1) is 12.1 Å². The third kappa shape index (κ3) is 2.95. The summed E-state index contributed by atoms with van der Waals surface area (Å²) in [5, 5.41) is 13.1. The van der Waals surface area contributed by atoms with E-state index in [9.17, 15) is 9.90 Å². The van der Waals surface area contributed by atoms with Crippen molar-refractivity contribution in [1.29, 1.82) is 0 Å². The van der Waals surface area contributed by atoms with Gasteiger partial charge in [0.25, 0.3) is 0 Å². The Bertz CT molecular complexity index is 260. The Kier molecular flexibility index (Phi) is 3.50. The van der Waals surface area contributed by atoms with Crippen molar-refractivity contribution >= 4 is 5.91 Å². The lowest BCUT2D eigenvalue weighted by Crippen LogP contribution is -2.41. The first-order valence-electron chi connectivity index (χ1n) is 6.30. The van der Waals surface area contributed by atoms with Crippen LogP contribution in [0.5, 0.6) is 0 Å². The summed E-state index contributed by atoms with van der Waals surface area (Å²) in [6.45, 7) is 3.40. The van der Waals surface area contributed by atoms with E-state index in [1.807, 2.05) is 0 Å². The summed E-state index contributed by atoms with van der Waals surface area (Å²) >= 11 is 0.